The van der Waals surface area contributed by atoms with Crippen molar-refractivity contribution in [2.45, 2.75) is 20.8 Å². The number of benzene rings is 2. The van der Waals surface area contributed by atoms with Gasteiger partial charge in [-0.25, -0.2) is 4.79 Å². The van der Waals surface area contributed by atoms with E-state index in [1.165, 1.54) is 7.11 Å². The molecular weight excluding hydrogens is 420 g/mol. The van der Waals surface area contributed by atoms with Gasteiger partial charge in [-0.05, 0) is 69.4 Å². The van der Waals surface area contributed by atoms with E-state index in [1.54, 1.807) is 36.4 Å². The largest absolute Gasteiger partial charge is 0.490 e. The zero-order chi connectivity index (χ0) is 22.8. The summed E-state index contributed by atoms with van der Waals surface area (Å²) >= 11 is 5.23. The predicted molar refractivity (Wildman–Crippen MR) is 121 cm³/mol. The number of anilines is 1. The van der Waals surface area contributed by atoms with Crippen molar-refractivity contribution in [3.8, 4) is 17.2 Å². The van der Waals surface area contributed by atoms with E-state index in [0.29, 0.717) is 53.9 Å². The Labute approximate surface area is 186 Å². The summed E-state index contributed by atoms with van der Waals surface area (Å²) in [5.41, 5.74) is 1.32. The molecule has 2 aromatic carbocycles. The maximum Gasteiger partial charge on any atom is 0.337 e. The Morgan fingerprint density at radius 2 is 1.42 bits per heavy atom. The van der Waals surface area contributed by atoms with Crippen molar-refractivity contribution in [3.63, 3.8) is 0 Å². The Bertz CT molecular complexity index is 903. The molecule has 2 rings (SSSR count). The first kappa shape index (κ1) is 23.9. The molecule has 31 heavy (non-hydrogen) atoms. The smallest absolute Gasteiger partial charge is 0.337 e. The van der Waals surface area contributed by atoms with Crippen LogP contribution in [0.2, 0.25) is 0 Å². The van der Waals surface area contributed by atoms with Gasteiger partial charge in [-0.1, -0.05) is 0 Å². The van der Waals surface area contributed by atoms with E-state index >= 15 is 0 Å². The van der Waals surface area contributed by atoms with Gasteiger partial charge in [0.05, 0.1) is 32.5 Å². The Kier molecular flexibility index (Phi) is 9.08. The molecule has 0 aliphatic heterocycles. The number of carbonyl (C=O) groups is 2. The fourth-order valence-electron chi connectivity index (χ4n) is 2.66. The highest BCUT2D eigenvalue weighted by Gasteiger charge is 2.19. The minimum absolute atomic E-state index is 0.0978. The van der Waals surface area contributed by atoms with Gasteiger partial charge in [-0.2, -0.15) is 0 Å². The first-order valence-electron chi connectivity index (χ1n) is 9.80. The number of carbonyl (C=O) groups excluding carboxylic acids is 2. The second-order valence-corrected chi connectivity index (χ2v) is 6.49. The molecule has 0 saturated heterocycles. The number of rotatable bonds is 9. The van der Waals surface area contributed by atoms with Gasteiger partial charge in [-0.3, -0.25) is 10.1 Å². The molecule has 0 spiro atoms. The fraction of sp³-hybridized carbons (Fsp3) is 0.318. The van der Waals surface area contributed by atoms with Crippen LogP contribution in [0.15, 0.2) is 36.4 Å². The molecule has 0 aliphatic carbocycles. The van der Waals surface area contributed by atoms with Crippen molar-refractivity contribution >= 4 is 34.9 Å². The van der Waals surface area contributed by atoms with E-state index in [-0.39, 0.29) is 5.11 Å². The monoisotopic (exact) mass is 446 g/mol. The molecule has 9 heteroatoms. The van der Waals surface area contributed by atoms with Crippen LogP contribution in [0.25, 0.3) is 0 Å². The molecule has 166 valence electrons. The highest BCUT2D eigenvalue weighted by molar-refractivity contribution is 7.80. The topological polar surface area (TPSA) is 95.1 Å². The predicted octanol–water partition coefficient (Wildman–Crippen LogP) is 3.80. The molecule has 0 aromatic heterocycles. The van der Waals surface area contributed by atoms with Crippen molar-refractivity contribution in [2.24, 2.45) is 0 Å². The summed E-state index contributed by atoms with van der Waals surface area (Å²) in [7, 11) is 1.31. The summed E-state index contributed by atoms with van der Waals surface area (Å²) in [6.45, 7) is 6.76. The summed E-state index contributed by atoms with van der Waals surface area (Å²) in [5, 5.41) is 5.62. The van der Waals surface area contributed by atoms with Crippen molar-refractivity contribution in [1.29, 1.82) is 0 Å². The zero-order valence-corrected chi connectivity index (χ0v) is 18.8. The molecule has 0 unspecified atom stereocenters. The molecule has 2 aromatic rings. The molecule has 0 aliphatic rings. The van der Waals surface area contributed by atoms with E-state index in [4.69, 9.17) is 26.4 Å². The zero-order valence-electron chi connectivity index (χ0n) is 17.9. The normalized spacial score (nSPS) is 10.1. The van der Waals surface area contributed by atoms with Gasteiger partial charge in [0.1, 0.15) is 0 Å². The van der Waals surface area contributed by atoms with Crippen molar-refractivity contribution in [1.82, 2.24) is 5.32 Å². The molecule has 0 bridgehead atoms. The SMILES string of the molecule is CCOc1cc(C(=O)NC(=S)Nc2ccc(C(=O)OC)cc2)cc(OCC)c1OCC. The Balaban J connectivity index is 2.16. The lowest BCUT2D eigenvalue weighted by Crippen LogP contribution is -2.34. The molecule has 2 N–H and O–H groups in total. The number of thiocarbonyl (C=S) groups is 1. The van der Waals surface area contributed by atoms with E-state index in [9.17, 15) is 9.59 Å². The molecule has 0 radical (unpaired) electrons. The van der Waals surface area contributed by atoms with Gasteiger partial charge in [-0.15, -0.1) is 0 Å². The minimum Gasteiger partial charge on any atom is -0.490 e. The van der Waals surface area contributed by atoms with Crippen LogP contribution in [0.4, 0.5) is 5.69 Å². The van der Waals surface area contributed by atoms with E-state index in [0.717, 1.165) is 0 Å². The van der Waals surface area contributed by atoms with Crippen LogP contribution in [0.1, 0.15) is 41.5 Å². The number of hydrogen-bond donors (Lipinski definition) is 2. The summed E-state index contributed by atoms with van der Waals surface area (Å²) in [4.78, 5) is 24.3. The number of nitrogens with one attached hydrogen (secondary N) is 2. The van der Waals surface area contributed by atoms with Gasteiger partial charge in [0.2, 0.25) is 5.75 Å². The summed E-state index contributed by atoms with van der Waals surface area (Å²) in [5.74, 6) is 0.409. The summed E-state index contributed by atoms with van der Waals surface area (Å²) in [6.07, 6.45) is 0. The minimum atomic E-state index is -0.437. The number of ether oxygens (including phenoxy) is 4. The maximum atomic E-state index is 12.8. The van der Waals surface area contributed by atoms with E-state index in [1.807, 2.05) is 20.8 Å². The number of amides is 1. The number of methoxy groups -OCH3 is 1. The van der Waals surface area contributed by atoms with E-state index < -0.39 is 11.9 Å². The van der Waals surface area contributed by atoms with Crippen LogP contribution >= 0.6 is 12.2 Å². The fourth-order valence-corrected chi connectivity index (χ4v) is 2.88. The number of hydrogen-bond acceptors (Lipinski definition) is 7. The summed E-state index contributed by atoms with van der Waals surface area (Å²) in [6, 6.07) is 9.66. The van der Waals surface area contributed by atoms with Gasteiger partial charge in [0, 0.05) is 11.3 Å². The van der Waals surface area contributed by atoms with Crippen LogP contribution in [0.5, 0.6) is 17.2 Å². The van der Waals surface area contributed by atoms with Crippen molar-refractivity contribution in [2.75, 3.05) is 32.2 Å². The summed E-state index contributed by atoms with van der Waals surface area (Å²) < 4.78 is 21.6. The van der Waals surface area contributed by atoms with Crippen molar-refractivity contribution < 1.29 is 28.5 Å². The lowest BCUT2D eigenvalue weighted by molar-refractivity contribution is 0.0600. The average molecular weight is 447 g/mol. The first-order valence-corrected chi connectivity index (χ1v) is 10.2. The van der Waals surface area contributed by atoms with Gasteiger partial charge in [0.15, 0.2) is 16.6 Å². The molecule has 0 heterocycles. The third-order valence-corrected chi connectivity index (χ3v) is 4.17. The number of esters is 1. The quantitative estimate of drug-likeness (QED) is 0.444. The third-order valence-electron chi connectivity index (χ3n) is 3.96. The Hall–Kier alpha value is -3.33. The van der Waals surface area contributed by atoms with Crippen LogP contribution < -0.4 is 24.8 Å². The Morgan fingerprint density at radius 1 is 0.871 bits per heavy atom. The second-order valence-electron chi connectivity index (χ2n) is 6.08. The van der Waals surface area contributed by atoms with Crippen LogP contribution in [0.3, 0.4) is 0 Å². The van der Waals surface area contributed by atoms with Gasteiger partial charge >= 0.3 is 5.97 Å². The lowest BCUT2D eigenvalue weighted by Gasteiger charge is -2.17. The van der Waals surface area contributed by atoms with Crippen LogP contribution in [-0.2, 0) is 4.74 Å². The molecule has 0 atom stereocenters. The highest BCUT2D eigenvalue weighted by Crippen LogP contribution is 2.39. The maximum absolute atomic E-state index is 12.8. The standard InChI is InChI=1S/C22H26N2O6S/c1-5-28-17-12-15(13-18(29-6-2)19(17)30-7-3)20(25)24-22(31)23-16-10-8-14(9-11-16)21(26)27-4/h8-13H,5-7H2,1-4H3,(H2,23,24,25,31). The second kappa shape index (κ2) is 11.8. The molecular formula is C22H26N2O6S. The Morgan fingerprint density at radius 3 is 1.90 bits per heavy atom. The van der Waals surface area contributed by atoms with Crippen LogP contribution in [-0.4, -0.2) is 43.9 Å². The van der Waals surface area contributed by atoms with Crippen molar-refractivity contribution in [3.05, 3.63) is 47.5 Å². The highest BCUT2D eigenvalue weighted by atomic mass is 32.1. The van der Waals surface area contributed by atoms with Crippen LogP contribution in [0, 0.1) is 0 Å². The molecule has 8 nitrogen and oxygen atoms in total. The third kappa shape index (κ3) is 6.58. The molecule has 1 amide bonds. The van der Waals surface area contributed by atoms with Gasteiger partial charge in [0.25, 0.3) is 5.91 Å². The van der Waals surface area contributed by atoms with E-state index in [2.05, 4.69) is 15.4 Å². The van der Waals surface area contributed by atoms with Gasteiger partial charge < -0.3 is 24.3 Å². The first-order chi connectivity index (χ1) is 14.9. The molecule has 0 fully saturated rings. The average Bonchev–Trinajstić information content (AvgIpc) is 2.76. The molecule has 0 saturated carbocycles. The lowest BCUT2D eigenvalue weighted by atomic mass is 10.1.